The molecule has 0 aromatic heterocycles. The molecule has 0 radical (unpaired) electrons. The first-order valence-corrected chi connectivity index (χ1v) is 7.02. The molecule has 1 unspecified atom stereocenters. The zero-order valence-corrected chi connectivity index (χ0v) is 9.32. The van der Waals surface area contributed by atoms with E-state index in [-0.39, 0.29) is 0 Å². The van der Waals surface area contributed by atoms with Gasteiger partial charge in [-0.3, -0.25) is 5.16 Å². The van der Waals surface area contributed by atoms with Gasteiger partial charge in [-0.2, -0.15) is 4.67 Å². The first kappa shape index (κ1) is 10.5. The molecule has 1 aliphatic heterocycles. The van der Waals surface area contributed by atoms with Crippen molar-refractivity contribution in [3.05, 3.63) is 48.2 Å². The Labute approximate surface area is 89.6 Å². The summed E-state index contributed by atoms with van der Waals surface area (Å²) >= 11 is 0. The van der Waals surface area contributed by atoms with Crippen LogP contribution in [0.25, 0.3) is 0 Å². The summed E-state index contributed by atoms with van der Waals surface area (Å²) in [6.07, 6.45) is 5.72. The normalized spacial score (nSPS) is 25.6. The van der Waals surface area contributed by atoms with Crippen molar-refractivity contribution in [3.8, 4) is 0 Å². The van der Waals surface area contributed by atoms with E-state index >= 15 is 0 Å². The minimum Gasteiger partial charge on any atom is -0.341 e. The molecule has 1 aromatic carbocycles. The summed E-state index contributed by atoms with van der Waals surface area (Å²) < 4.78 is 5.19. The third-order valence-corrected chi connectivity index (χ3v) is 4.50. The molecular weight excluding hydrogens is 209 g/mol. The van der Waals surface area contributed by atoms with Gasteiger partial charge in [-0.15, -0.1) is 0 Å². The van der Waals surface area contributed by atoms with Crippen LogP contribution in [0.3, 0.4) is 0 Å². The summed E-state index contributed by atoms with van der Waals surface area (Å²) in [5.41, 5.74) is 1.14. The molecule has 1 atom stereocenters. The molecule has 80 valence electrons. The second-order valence-corrected chi connectivity index (χ2v) is 6.28. The Kier molecular flexibility index (Phi) is 3.24. The van der Waals surface area contributed by atoms with Crippen LogP contribution in [0, 0.1) is 5.16 Å². The predicted octanol–water partition coefficient (Wildman–Crippen LogP) is 3.75. The van der Waals surface area contributed by atoms with E-state index in [9.17, 15) is 0 Å². The highest BCUT2D eigenvalue weighted by Crippen LogP contribution is 2.52. The smallest absolute Gasteiger partial charge is 0.137 e. The lowest BCUT2D eigenvalue weighted by Crippen LogP contribution is -1.95. The highest BCUT2D eigenvalue weighted by Gasteiger charge is 2.21. The second-order valence-electron chi connectivity index (χ2n) is 3.59. The lowest BCUT2D eigenvalue weighted by molar-refractivity contribution is -0.141. The summed E-state index contributed by atoms with van der Waals surface area (Å²) in [7, 11) is -2.16. The number of benzene rings is 1. The molecule has 0 saturated carbocycles. The fourth-order valence-electron chi connectivity index (χ4n) is 1.52. The molecule has 1 heterocycles. The lowest BCUT2D eigenvalue weighted by atomic mass is 10.2. The predicted molar refractivity (Wildman–Crippen MR) is 60.6 cm³/mol. The Morgan fingerprint density at radius 2 is 2.07 bits per heavy atom. The maximum atomic E-state index is 8.22. The molecule has 1 aliphatic rings. The zero-order valence-electron chi connectivity index (χ0n) is 8.43. The number of hydrogen-bond donors (Lipinski definition) is 1. The Hall–Kier alpha value is -1.05. The molecule has 0 fully saturated rings. The van der Waals surface area contributed by atoms with Crippen molar-refractivity contribution in [2.45, 2.75) is 12.6 Å². The molecule has 1 N–H and O–H groups in total. The van der Waals surface area contributed by atoms with Crippen LogP contribution in [0.1, 0.15) is 12.0 Å². The molecule has 2 rings (SSSR count). The van der Waals surface area contributed by atoms with E-state index in [1.807, 2.05) is 36.4 Å². The minimum absolute atomic E-state index is 0.662. The van der Waals surface area contributed by atoms with Crippen molar-refractivity contribution in [2.24, 2.45) is 0 Å². The number of rotatable bonds is 2. The summed E-state index contributed by atoms with van der Waals surface area (Å²) in [4.78, 5) is 4.86. The van der Waals surface area contributed by atoms with Gasteiger partial charge < -0.3 is 4.89 Å². The van der Waals surface area contributed by atoms with Gasteiger partial charge in [0.15, 0.2) is 0 Å². The molecular formula is C11H14NO2P. The van der Waals surface area contributed by atoms with Crippen molar-refractivity contribution in [1.29, 1.82) is 5.16 Å². The summed E-state index contributed by atoms with van der Waals surface area (Å²) in [5, 5.41) is 8.22. The molecule has 15 heavy (non-hydrogen) atoms. The van der Waals surface area contributed by atoms with E-state index in [2.05, 4.69) is 0 Å². The Morgan fingerprint density at radius 1 is 1.27 bits per heavy atom. The third-order valence-electron chi connectivity index (χ3n) is 2.28. The average molecular weight is 223 g/mol. The number of nitrogens with one attached hydrogen (secondary N) is 1. The Morgan fingerprint density at radius 3 is 2.87 bits per heavy atom. The highest BCUT2D eigenvalue weighted by molar-refractivity contribution is 7.59. The van der Waals surface area contributed by atoms with Gasteiger partial charge in [0.25, 0.3) is 0 Å². The third kappa shape index (κ3) is 2.95. The molecule has 1 aromatic rings. The highest BCUT2D eigenvalue weighted by atomic mass is 31.2. The molecule has 0 spiro atoms. The summed E-state index contributed by atoms with van der Waals surface area (Å²) in [6.45, 7) is 0. The first-order chi connectivity index (χ1) is 7.29. The van der Waals surface area contributed by atoms with Crippen LogP contribution < -0.4 is 0 Å². The van der Waals surface area contributed by atoms with E-state index in [1.54, 1.807) is 0 Å². The standard InChI is InChI=1S/C11H14NO2P/c12-15(9-5-4-8-13-14-15)10-11-6-2-1-3-7-11/h1-4,6-8,12H,5,9-10H2. The lowest BCUT2D eigenvalue weighted by Gasteiger charge is -2.17. The molecule has 4 heteroatoms. The van der Waals surface area contributed by atoms with Crippen LogP contribution >= 0.6 is 7.28 Å². The van der Waals surface area contributed by atoms with Gasteiger partial charge in [-0.1, -0.05) is 30.3 Å². The fourth-order valence-corrected chi connectivity index (χ4v) is 3.39. The molecule has 0 aliphatic carbocycles. The van der Waals surface area contributed by atoms with Gasteiger partial charge in [-0.25, -0.2) is 0 Å². The van der Waals surface area contributed by atoms with Crippen LogP contribution in [0.2, 0.25) is 0 Å². The maximum absolute atomic E-state index is 8.22. The molecule has 0 saturated heterocycles. The Bertz CT molecular complexity index is 375. The monoisotopic (exact) mass is 223 g/mol. The maximum Gasteiger partial charge on any atom is 0.137 e. The average Bonchev–Trinajstić information content (AvgIpc) is 2.45. The van der Waals surface area contributed by atoms with Crippen LogP contribution in [-0.4, -0.2) is 6.16 Å². The van der Waals surface area contributed by atoms with E-state index in [4.69, 9.17) is 14.7 Å². The van der Waals surface area contributed by atoms with E-state index in [1.165, 1.54) is 6.26 Å². The van der Waals surface area contributed by atoms with Crippen molar-refractivity contribution in [3.63, 3.8) is 0 Å². The van der Waals surface area contributed by atoms with Crippen LogP contribution in [0.15, 0.2) is 42.7 Å². The minimum atomic E-state index is -2.16. The van der Waals surface area contributed by atoms with Crippen molar-refractivity contribution in [2.75, 3.05) is 6.16 Å². The summed E-state index contributed by atoms with van der Waals surface area (Å²) in [6, 6.07) is 10.00. The van der Waals surface area contributed by atoms with Gasteiger partial charge >= 0.3 is 0 Å². The number of hydrogen-bond acceptors (Lipinski definition) is 3. The van der Waals surface area contributed by atoms with Crippen molar-refractivity contribution in [1.82, 2.24) is 0 Å². The largest absolute Gasteiger partial charge is 0.341 e. The zero-order chi connectivity index (χ0) is 10.6. The van der Waals surface area contributed by atoms with E-state index in [0.717, 1.165) is 18.1 Å². The van der Waals surface area contributed by atoms with E-state index < -0.39 is 7.28 Å². The fraction of sp³-hybridized carbons (Fsp3) is 0.273. The van der Waals surface area contributed by atoms with Gasteiger partial charge in [0.2, 0.25) is 0 Å². The summed E-state index contributed by atoms with van der Waals surface area (Å²) in [5.74, 6) is 0. The van der Waals surface area contributed by atoms with Crippen molar-refractivity contribution >= 4 is 7.28 Å². The van der Waals surface area contributed by atoms with Crippen LogP contribution in [0.5, 0.6) is 0 Å². The van der Waals surface area contributed by atoms with Crippen LogP contribution in [-0.2, 0) is 15.7 Å². The first-order valence-electron chi connectivity index (χ1n) is 4.95. The quantitative estimate of drug-likeness (QED) is 0.612. The van der Waals surface area contributed by atoms with Crippen molar-refractivity contribution < 1.29 is 9.56 Å². The SMILES string of the molecule is N=P1(Cc2ccccc2)CCC=COO1. The molecule has 0 bridgehead atoms. The van der Waals surface area contributed by atoms with E-state index in [0.29, 0.717) is 6.16 Å². The number of allylic oxidation sites excluding steroid dienone is 1. The van der Waals surface area contributed by atoms with Crippen LogP contribution in [0.4, 0.5) is 0 Å². The van der Waals surface area contributed by atoms with Gasteiger partial charge in [0, 0.05) is 12.3 Å². The molecule has 0 amide bonds. The van der Waals surface area contributed by atoms with Gasteiger partial charge in [0.1, 0.15) is 13.5 Å². The van der Waals surface area contributed by atoms with Gasteiger partial charge in [-0.05, 0) is 18.1 Å². The topological polar surface area (TPSA) is 42.3 Å². The second kappa shape index (κ2) is 4.65. The molecule has 3 nitrogen and oxygen atoms in total. The Balaban J connectivity index is 2.07. The van der Waals surface area contributed by atoms with Gasteiger partial charge in [0.05, 0.1) is 0 Å².